The van der Waals surface area contributed by atoms with E-state index >= 15 is 0 Å². The van der Waals surface area contributed by atoms with Gasteiger partial charge in [-0.25, -0.2) is 0 Å². The average molecular weight is 216 g/mol. The summed E-state index contributed by atoms with van der Waals surface area (Å²) in [7, 11) is 0. The van der Waals surface area contributed by atoms with E-state index in [-0.39, 0.29) is 10.9 Å². The van der Waals surface area contributed by atoms with Crippen LogP contribution in [0, 0.1) is 0 Å². The highest BCUT2D eigenvalue weighted by atomic mass is 32.2. The minimum absolute atomic E-state index is 0.122. The third-order valence-corrected chi connectivity index (χ3v) is 2.17. The monoisotopic (exact) mass is 216 g/mol. The first-order chi connectivity index (χ1) is 6.47. The SMILES string of the molecule is C=CC(=O)NC(=O)[C@@H](N)CSC(C)=O. The molecule has 0 aromatic heterocycles. The lowest BCUT2D eigenvalue weighted by molar-refractivity contribution is -0.128. The van der Waals surface area contributed by atoms with Crippen LogP contribution >= 0.6 is 11.8 Å². The molecular weight excluding hydrogens is 204 g/mol. The first-order valence-corrected chi connectivity index (χ1v) is 4.82. The summed E-state index contributed by atoms with van der Waals surface area (Å²) in [5.41, 5.74) is 5.40. The molecule has 0 aliphatic carbocycles. The smallest absolute Gasteiger partial charge is 0.249 e. The standard InChI is InChI=1S/C8H12N2O3S/c1-3-7(12)10-8(13)6(9)4-14-5(2)11/h3,6H,1,4,9H2,2H3,(H,10,12,13)/t6-/m0/s1. The van der Waals surface area contributed by atoms with Gasteiger partial charge in [-0.1, -0.05) is 18.3 Å². The second-order valence-corrected chi connectivity index (χ2v) is 3.66. The Bertz CT molecular complexity index is 265. The molecule has 0 aliphatic heterocycles. The fourth-order valence-electron chi connectivity index (χ4n) is 0.548. The number of amides is 2. The van der Waals surface area contributed by atoms with Gasteiger partial charge in [-0.3, -0.25) is 19.7 Å². The maximum atomic E-state index is 11.1. The quantitative estimate of drug-likeness (QED) is 0.614. The molecule has 0 aromatic rings. The summed E-state index contributed by atoms with van der Waals surface area (Å²) < 4.78 is 0. The zero-order chi connectivity index (χ0) is 11.1. The molecule has 0 aliphatic rings. The molecule has 0 rings (SSSR count). The van der Waals surface area contributed by atoms with Crippen LogP contribution in [-0.2, 0) is 14.4 Å². The van der Waals surface area contributed by atoms with Crippen molar-refractivity contribution in [2.75, 3.05) is 5.75 Å². The van der Waals surface area contributed by atoms with Crippen molar-refractivity contribution in [2.45, 2.75) is 13.0 Å². The van der Waals surface area contributed by atoms with Crippen molar-refractivity contribution in [2.24, 2.45) is 5.73 Å². The van der Waals surface area contributed by atoms with Crippen molar-refractivity contribution >= 4 is 28.7 Å². The average Bonchev–Trinajstić information content (AvgIpc) is 2.13. The Morgan fingerprint density at radius 2 is 2.14 bits per heavy atom. The molecular formula is C8H12N2O3S. The van der Waals surface area contributed by atoms with Gasteiger partial charge < -0.3 is 5.73 Å². The van der Waals surface area contributed by atoms with E-state index in [0.717, 1.165) is 17.8 Å². The zero-order valence-corrected chi connectivity index (χ0v) is 8.60. The molecule has 0 unspecified atom stereocenters. The van der Waals surface area contributed by atoms with Gasteiger partial charge >= 0.3 is 0 Å². The topological polar surface area (TPSA) is 89.3 Å². The van der Waals surface area contributed by atoms with Gasteiger partial charge in [0.25, 0.3) is 0 Å². The Balaban J connectivity index is 3.93. The van der Waals surface area contributed by atoms with Crippen LogP contribution in [0.2, 0.25) is 0 Å². The molecule has 0 spiro atoms. The maximum Gasteiger partial charge on any atom is 0.249 e. The van der Waals surface area contributed by atoms with Crippen molar-refractivity contribution in [3.05, 3.63) is 12.7 Å². The van der Waals surface area contributed by atoms with E-state index in [1.54, 1.807) is 0 Å². The molecule has 5 nitrogen and oxygen atoms in total. The molecule has 0 saturated carbocycles. The summed E-state index contributed by atoms with van der Waals surface area (Å²) in [4.78, 5) is 32.3. The fourth-order valence-corrected chi connectivity index (χ4v) is 1.11. The summed E-state index contributed by atoms with van der Waals surface area (Å²) in [5, 5.41) is 1.89. The van der Waals surface area contributed by atoms with Gasteiger partial charge in [0, 0.05) is 12.7 Å². The van der Waals surface area contributed by atoms with E-state index < -0.39 is 17.9 Å². The predicted octanol–water partition coefficient (Wildman–Crippen LogP) is -0.578. The molecule has 6 heteroatoms. The lowest BCUT2D eigenvalue weighted by Crippen LogP contribution is -2.44. The van der Waals surface area contributed by atoms with E-state index in [0.29, 0.717) is 0 Å². The van der Waals surface area contributed by atoms with Gasteiger partial charge in [-0.2, -0.15) is 0 Å². The van der Waals surface area contributed by atoms with Gasteiger partial charge in [0.1, 0.15) is 0 Å². The molecule has 0 heterocycles. The second-order valence-electron chi connectivity index (χ2n) is 2.47. The van der Waals surface area contributed by atoms with Gasteiger partial charge in [-0.15, -0.1) is 0 Å². The summed E-state index contributed by atoms with van der Waals surface area (Å²) in [6.45, 7) is 4.56. The Kier molecular flexibility index (Phi) is 5.82. The van der Waals surface area contributed by atoms with Crippen LogP contribution in [0.25, 0.3) is 0 Å². The number of thioether (sulfide) groups is 1. The molecule has 2 amide bonds. The van der Waals surface area contributed by atoms with Crippen molar-refractivity contribution in [1.82, 2.24) is 5.32 Å². The maximum absolute atomic E-state index is 11.1. The van der Waals surface area contributed by atoms with Gasteiger partial charge in [0.2, 0.25) is 11.8 Å². The highest BCUT2D eigenvalue weighted by Crippen LogP contribution is 2.02. The Morgan fingerprint density at radius 3 is 2.57 bits per heavy atom. The Hall–Kier alpha value is -1.14. The van der Waals surface area contributed by atoms with E-state index in [4.69, 9.17) is 5.73 Å². The molecule has 0 bridgehead atoms. The van der Waals surface area contributed by atoms with Crippen LogP contribution in [0.5, 0.6) is 0 Å². The first-order valence-electron chi connectivity index (χ1n) is 3.83. The predicted molar refractivity (Wildman–Crippen MR) is 54.5 cm³/mol. The molecule has 0 radical (unpaired) electrons. The van der Waals surface area contributed by atoms with Crippen molar-refractivity contribution in [3.8, 4) is 0 Å². The molecule has 0 aromatic carbocycles. The highest BCUT2D eigenvalue weighted by Gasteiger charge is 2.15. The lowest BCUT2D eigenvalue weighted by Gasteiger charge is -2.08. The first kappa shape index (κ1) is 12.9. The van der Waals surface area contributed by atoms with E-state index in [2.05, 4.69) is 6.58 Å². The third kappa shape index (κ3) is 5.50. The number of hydrogen-bond acceptors (Lipinski definition) is 5. The van der Waals surface area contributed by atoms with Crippen LogP contribution < -0.4 is 11.1 Å². The van der Waals surface area contributed by atoms with Crippen LogP contribution in [0.4, 0.5) is 0 Å². The largest absolute Gasteiger partial charge is 0.319 e. The number of carbonyl (C=O) groups is 3. The second kappa shape index (κ2) is 6.33. The van der Waals surface area contributed by atoms with Gasteiger partial charge in [-0.05, 0) is 6.08 Å². The van der Waals surface area contributed by atoms with Crippen molar-refractivity contribution < 1.29 is 14.4 Å². The van der Waals surface area contributed by atoms with Crippen molar-refractivity contribution in [3.63, 3.8) is 0 Å². The minimum atomic E-state index is -0.868. The summed E-state index contributed by atoms with van der Waals surface area (Å²) >= 11 is 0.941. The van der Waals surface area contributed by atoms with Crippen LogP contribution in [0.15, 0.2) is 12.7 Å². The van der Waals surface area contributed by atoms with Crippen molar-refractivity contribution in [1.29, 1.82) is 0 Å². The summed E-state index contributed by atoms with van der Waals surface area (Å²) in [6, 6.07) is -0.868. The lowest BCUT2D eigenvalue weighted by atomic mass is 10.3. The number of hydrogen-bond donors (Lipinski definition) is 2. The number of nitrogens with one attached hydrogen (secondary N) is 1. The number of carbonyl (C=O) groups excluding carboxylic acids is 3. The van der Waals surface area contributed by atoms with Crippen LogP contribution in [0.3, 0.4) is 0 Å². The van der Waals surface area contributed by atoms with E-state index in [1.807, 2.05) is 5.32 Å². The Morgan fingerprint density at radius 1 is 1.57 bits per heavy atom. The number of imide groups is 1. The fraction of sp³-hybridized carbons (Fsp3) is 0.375. The number of rotatable bonds is 4. The molecule has 3 N–H and O–H groups in total. The van der Waals surface area contributed by atoms with Crippen LogP contribution in [-0.4, -0.2) is 28.7 Å². The van der Waals surface area contributed by atoms with Gasteiger partial charge in [0.05, 0.1) is 6.04 Å². The normalized spacial score (nSPS) is 11.6. The van der Waals surface area contributed by atoms with Crippen LogP contribution in [0.1, 0.15) is 6.92 Å². The zero-order valence-electron chi connectivity index (χ0n) is 7.78. The molecule has 0 fully saturated rings. The molecule has 0 saturated heterocycles. The third-order valence-electron chi connectivity index (χ3n) is 1.23. The van der Waals surface area contributed by atoms with E-state index in [1.165, 1.54) is 6.92 Å². The highest BCUT2D eigenvalue weighted by molar-refractivity contribution is 8.13. The number of nitrogens with two attached hydrogens (primary N) is 1. The Labute approximate surface area is 86.1 Å². The minimum Gasteiger partial charge on any atom is -0.319 e. The molecule has 1 atom stereocenters. The summed E-state index contributed by atoms with van der Waals surface area (Å²) in [5.74, 6) is -1.05. The van der Waals surface area contributed by atoms with Gasteiger partial charge in [0.15, 0.2) is 5.12 Å². The van der Waals surface area contributed by atoms with E-state index in [9.17, 15) is 14.4 Å². The summed E-state index contributed by atoms with van der Waals surface area (Å²) in [6.07, 6.45) is 0.975. The molecule has 78 valence electrons. The molecule has 14 heavy (non-hydrogen) atoms.